The van der Waals surface area contributed by atoms with Crippen LogP contribution in [0.1, 0.15) is 34.3 Å². The maximum absolute atomic E-state index is 10.8. The van der Waals surface area contributed by atoms with Crippen molar-refractivity contribution >= 4 is 17.3 Å². The van der Waals surface area contributed by atoms with E-state index in [4.69, 9.17) is 9.84 Å². The number of aromatic carboxylic acids is 1. The van der Waals surface area contributed by atoms with Crippen LogP contribution in [0.4, 0.5) is 0 Å². The van der Waals surface area contributed by atoms with Gasteiger partial charge in [-0.2, -0.15) is 0 Å². The van der Waals surface area contributed by atoms with Crippen LogP contribution >= 0.6 is 11.3 Å². The smallest absolute Gasteiger partial charge is 0.345 e. The zero-order valence-corrected chi connectivity index (χ0v) is 10.7. The predicted molar refractivity (Wildman–Crippen MR) is 66.6 cm³/mol. The van der Waals surface area contributed by atoms with Crippen molar-refractivity contribution in [2.45, 2.75) is 31.8 Å². The third kappa shape index (κ3) is 3.28. The van der Waals surface area contributed by atoms with Gasteiger partial charge in [-0.25, -0.2) is 4.79 Å². The van der Waals surface area contributed by atoms with E-state index in [1.807, 2.05) is 6.07 Å². The highest BCUT2D eigenvalue weighted by Crippen LogP contribution is 2.21. The fourth-order valence-electron chi connectivity index (χ4n) is 1.96. The van der Waals surface area contributed by atoms with E-state index < -0.39 is 5.97 Å². The molecular weight excluding hydrogens is 238 g/mol. The predicted octanol–water partition coefficient (Wildman–Crippen LogP) is 2.11. The highest BCUT2D eigenvalue weighted by atomic mass is 32.1. The zero-order chi connectivity index (χ0) is 12.3. The summed E-state index contributed by atoms with van der Waals surface area (Å²) in [6, 6.07) is 3.53. The number of hydrogen-bond donors (Lipinski definition) is 2. The summed E-state index contributed by atoms with van der Waals surface area (Å²) in [6.07, 6.45) is 2.18. The SMILES string of the molecule is CC1(NCc2ccc(C(=O)O)s2)CCCOC1. The zero-order valence-electron chi connectivity index (χ0n) is 9.86. The van der Waals surface area contributed by atoms with Crippen LogP contribution in [-0.2, 0) is 11.3 Å². The van der Waals surface area contributed by atoms with Crippen molar-refractivity contribution in [3.63, 3.8) is 0 Å². The summed E-state index contributed by atoms with van der Waals surface area (Å²) in [7, 11) is 0. The lowest BCUT2D eigenvalue weighted by atomic mass is 9.95. The van der Waals surface area contributed by atoms with Crippen molar-refractivity contribution in [2.75, 3.05) is 13.2 Å². The van der Waals surface area contributed by atoms with Gasteiger partial charge >= 0.3 is 5.97 Å². The molecular formula is C12H17NO3S. The molecule has 5 heteroatoms. The van der Waals surface area contributed by atoms with Gasteiger partial charge in [0.05, 0.1) is 6.61 Å². The Kier molecular flexibility index (Phi) is 3.81. The van der Waals surface area contributed by atoms with E-state index >= 15 is 0 Å². The first kappa shape index (κ1) is 12.5. The fourth-order valence-corrected chi connectivity index (χ4v) is 2.75. The van der Waals surface area contributed by atoms with Gasteiger partial charge in [-0.15, -0.1) is 11.3 Å². The summed E-state index contributed by atoms with van der Waals surface area (Å²) >= 11 is 1.33. The molecule has 1 unspecified atom stereocenters. The summed E-state index contributed by atoms with van der Waals surface area (Å²) in [5, 5.41) is 12.3. The van der Waals surface area contributed by atoms with Gasteiger partial charge in [0.1, 0.15) is 4.88 Å². The lowest BCUT2D eigenvalue weighted by Gasteiger charge is -2.34. The molecule has 1 atom stereocenters. The standard InChI is InChI=1S/C12H17NO3S/c1-12(5-2-6-16-8-12)13-7-9-3-4-10(17-9)11(14)15/h3-4,13H,2,5-8H2,1H3,(H,14,15). The van der Waals surface area contributed by atoms with Crippen molar-refractivity contribution in [3.05, 3.63) is 21.9 Å². The van der Waals surface area contributed by atoms with Crippen molar-refractivity contribution in [1.82, 2.24) is 5.32 Å². The normalized spacial score (nSPS) is 24.8. The van der Waals surface area contributed by atoms with E-state index in [0.717, 1.165) is 30.9 Å². The van der Waals surface area contributed by atoms with E-state index in [0.29, 0.717) is 11.4 Å². The molecule has 0 aliphatic carbocycles. The Morgan fingerprint density at radius 3 is 3.06 bits per heavy atom. The molecule has 0 aromatic carbocycles. The minimum Gasteiger partial charge on any atom is -0.477 e. The van der Waals surface area contributed by atoms with Crippen LogP contribution in [0.5, 0.6) is 0 Å². The van der Waals surface area contributed by atoms with Gasteiger partial charge in [-0.05, 0) is 31.9 Å². The van der Waals surface area contributed by atoms with Crippen molar-refractivity contribution in [3.8, 4) is 0 Å². The fraction of sp³-hybridized carbons (Fsp3) is 0.583. The molecule has 94 valence electrons. The first-order valence-electron chi connectivity index (χ1n) is 5.74. The largest absolute Gasteiger partial charge is 0.477 e. The first-order chi connectivity index (χ1) is 8.09. The molecule has 17 heavy (non-hydrogen) atoms. The van der Waals surface area contributed by atoms with Crippen LogP contribution in [0.3, 0.4) is 0 Å². The van der Waals surface area contributed by atoms with Crippen LogP contribution in [0, 0.1) is 0 Å². The van der Waals surface area contributed by atoms with Crippen molar-refractivity contribution in [2.24, 2.45) is 0 Å². The number of ether oxygens (including phenoxy) is 1. The van der Waals surface area contributed by atoms with E-state index in [9.17, 15) is 4.79 Å². The second kappa shape index (κ2) is 5.16. The molecule has 1 fully saturated rings. The average Bonchev–Trinajstić information content (AvgIpc) is 2.76. The highest BCUT2D eigenvalue weighted by molar-refractivity contribution is 7.13. The molecule has 0 amide bonds. The van der Waals surface area contributed by atoms with Crippen LogP contribution in [0.25, 0.3) is 0 Å². The molecule has 2 rings (SSSR count). The molecule has 2 heterocycles. The Bertz CT molecular complexity index is 396. The molecule has 0 saturated carbocycles. The quantitative estimate of drug-likeness (QED) is 0.865. The topological polar surface area (TPSA) is 58.6 Å². The van der Waals surface area contributed by atoms with Crippen molar-refractivity contribution in [1.29, 1.82) is 0 Å². The molecule has 0 bridgehead atoms. The molecule has 4 nitrogen and oxygen atoms in total. The van der Waals surface area contributed by atoms with Gasteiger partial charge in [-0.3, -0.25) is 0 Å². The Morgan fingerprint density at radius 2 is 2.47 bits per heavy atom. The summed E-state index contributed by atoms with van der Waals surface area (Å²) in [5.74, 6) is -0.853. The van der Waals surface area contributed by atoms with Gasteiger partial charge in [0.15, 0.2) is 0 Å². The van der Waals surface area contributed by atoms with Crippen LogP contribution in [0.2, 0.25) is 0 Å². The van der Waals surface area contributed by atoms with Gasteiger partial charge in [0.2, 0.25) is 0 Å². The molecule has 1 aliphatic rings. The molecule has 2 N–H and O–H groups in total. The third-order valence-electron chi connectivity index (χ3n) is 3.00. The molecule has 1 aromatic heterocycles. The number of hydrogen-bond acceptors (Lipinski definition) is 4. The van der Waals surface area contributed by atoms with E-state index in [-0.39, 0.29) is 5.54 Å². The molecule has 1 saturated heterocycles. The second-order valence-electron chi connectivity index (χ2n) is 4.64. The third-order valence-corrected chi connectivity index (χ3v) is 4.07. The second-order valence-corrected chi connectivity index (χ2v) is 5.81. The summed E-state index contributed by atoms with van der Waals surface area (Å²) < 4.78 is 5.46. The van der Waals surface area contributed by atoms with Gasteiger partial charge < -0.3 is 15.2 Å². The lowest BCUT2D eigenvalue weighted by molar-refractivity contribution is 0.0279. The Balaban J connectivity index is 1.90. The first-order valence-corrected chi connectivity index (χ1v) is 6.55. The van der Waals surface area contributed by atoms with Gasteiger partial charge in [0, 0.05) is 23.6 Å². The van der Waals surface area contributed by atoms with Crippen LogP contribution in [-0.4, -0.2) is 29.8 Å². The van der Waals surface area contributed by atoms with Crippen LogP contribution < -0.4 is 5.32 Å². The van der Waals surface area contributed by atoms with E-state index in [1.54, 1.807) is 6.07 Å². The minimum atomic E-state index is -0.853. The van der Waals surface area contributed by atoms with E-state index in [1.165, 1.54) is 11.3 Å². The molecule has 1 aromatic rings. The maximum Gasteiger partial charge on any atom is 0.345 e. The van der Waals surface area contributed by atoms with Gasteiger partial charge in [-0.1, -0.05) is 0 Å². The minimum absolute atomic E-state index is 0.0195. The Hall–Kier alpha value is -0.910. The number of nitrogens with one attached hydrogen (secondary N) is 1. The number of thiophene rings is 1. The summed E-state index contributed by atoms with van der Waals surface area (Å²) in [6.45, 7) is 4.43. The lowest BCUT2D eigenvalue weighted by Crippen LogP contribution is -2.48. The maximum atomic E-state index is 10.8. The Labute approximate surface area is 105 Å². The number of carboxylic acid groups (broad SMARTS) is 1. The highest BCUT2D eigenvalue weighted by Gasteiger charge is 2.26. The number of carboxylic acids is 1. The Morgan fingerprint density at radius 1 is 1.65 bits per heavy atom. The van der Waals surface area contributed by atoms with Crippen LogP contribution in [0.15, 0.2) is 12.1 Å². The number of rotatable bonds is 4. The van der Waals surface area contributed by atoms with E-state index in [2.05, 4.69) is 12.2 Å². The molecule has 1 aliphatic heterocycles. The van der Waals surface area contributed by atoms with Crippen molar-refractivity contribution < 1.29 is 14.6 Å². The van der Waals surface area contributed by atoms with Gasteiger partial charge in [0.25, 0.3) is 0 Å². The molecule has 0 spiro atoms. The average molecular weight is 255 g/mol. The summed E-state index contributed by atoms with van der Waals surface area (Å²) in [4.78, 5) is 12.2. The number of carbonyl (C=O) groups is 1. The molecule has 0 radical (unpaired) electrons. The summed E-state index contributed by atoms with van der Waals surface area (Å²) in [5.41, 5.74) is 0.0195. The monoisotopic (exact) mass is 255 g/mol.